The number of urea groups is 1. The van der Waals surface area contributed by atoms with Crippen LogP contribution in [-0.4, -0.2) is 48.9 Å². The fourth-order valence-corrected chi connectivity index (χ4v) is 2.96. The predicted octanol–water partition coefficient (Wildman–Crippen LogP) is 2.18. The lowest BCUT2D eigenvalue weighted by Gasteiger charge is -2.35. The molecule has 1 fully saturated rings. The normalized spacial score (nSPS) is 18.1. The fourth-order valence-electron chi connectivity index (χ4n) is 2.96. The quantitative estimate of drug-likeness (QED) is 0.847. The molecule has 2 amide bonds. The molecule has 1 aliphatic heterocycles. The molecule has 1 aromatic carbocycles. The van der Waals surface area contributed by atoms with E-state index < -0.39 is 0 Å². The molecule has 1 aliphatic rings. The molecule has 1 aromatic rings. The molecule has 0 saturated carbocycles. The molecular weight excluding hydrogens is 280 g/mol. The second-order valence-electron chi connectivity index (χ2n) is 5.69. The van der Waals surface area contributed by atoms with Gasteiger partial charge in [-0.2, -0.15) is 0 Å². The van der Waals surface area contributed by atoms with E-state index in [1.54, 1.807) is 7.11 Å². The first-order chi connectivity index (χ1) is 10.7. The zero-order chi connectivity index (χ0) is 15.8. The van der Waals surface area contributed by atoms with Gasteiger partial charge in [-0.25, -0.2) is 4.79 Å². The standard InChI is InChI=1S/C17H26N2O3/c1-22-16-7-4-5-14(13-16)8-10-18-17(21)19-11-3-2-6-15(19)9-12-20/h4-5,7,13,15,20H,2-3,6,8-12H2,1H3,(H,18,21). The van der Waals surface area contributed by atoms with Gasteiger partial charge in [0.2, 0.25) is 0 Å². The zero-order valence-corrected chi connectivity index (χ0v) is 13.3. The summed E-state index contributed by atoms with van der Waals surface area (Å²) >= 11 is 0. The summed E-state index contributed by atoms with van der Waals surface area (Å²) < 4.78 is 5.20. The Kier molecular flexibility index (Phi) is 6.52. The minimum absolute atomic E-state index is 0.0129. The van der Waals surface area contributed by atoms with Gasteiger partial charge in [-0.05, 0) is 49.8 Å². The molecule has 5 nitrogen and oxygen atoms in total. The van der Waals surface area contributed by atoms with Crippen molar-refractivity contribution in [1.29, 1.82) is 0 Å². The Balaban J connectivity index is 1.81. The molecule has 0 aliphatic carbocycles. The summed E-state index contributed by atoms with van der Waals surface area (Å²) in [5.74, 6) is 0.836. The van der Waals surface area contributed by atoms with Crippen molar-refractivity contribution in [3.63, 3.8) is 0 Å². The Morgan fingerprint density at radius 3 is 3.09 bits per heavy atom. The number of likely N-dealkylation sites (tertiary alicyclic amines) is 1. The predicted molar refractivity (Wildman–Crippen MR) is 86.1 cm³/mol. The largest absolute Gasteiger partial charge is 0.497 e. The highest BCUT2D eigenvalue weighted by atomic mass is 16.5. The summed E-state index contributed by atoms with van der Waals surface area (Å²) in [5, 5.41) is 12.1. The first-order valence-corrected chi connectivity index (χ1v) is 8.03. The van der Waals surface area contributed by atoms with Crippen molar-refractivity contribution in [2.45, 2.75) is 38.1 Å². The monoisotopic (exact) mass is 306 g/mol. The molecule has 2 rings (SSSR count). The highest BCUT2D eigenvalue weighted by molar-refractivity contribution is 5.74. The smallest absolute Gasteiger partial charge is 0.317 e. The van der Waals surface area contributed by atoms with Crippen molar-refractivity contribution >= 4 is 6.03 Å². The minimum Gasteiger partial charge on any atom is -0.497 e. The molecule has 0 bridgehead atoms. The Labute approximate surface area is 132 Å². The van der Waals surface area contributed by atoms with Crippen LogP contribution in [0.1, 0.15) is 31.2 Å². The number of amides is 2. The van der Waals surface area contributed by atoms with E-state index in [1.165, 1.54) is 0 Å². The van der Waals surface area contributed by atoms with Crippen LogP contribution in [0.15, 0.2) is 24.3 Å². The summed E-state index contributed by atoms with van der Waals surface area (Å²) in [7, 11) is 1.65. The number of carbonyl (C=O) groups excluding carboxylic acids is 1. The second kappa shape index (κ2) is 8.63. The number of aliphatic hydroxyl groups is 1. The maximum atomic E-state index is 12.3. The van der Waals surface area contributed by atoms with Crippen LogP contribution in [0.4, 0.5) is 4.79 Å². The maximum Gasteiger partial charge on any atom is 0.317 e. The summed E-state index contributed by atoms with van der Waals surface area (Å²) in [6, 6.07) is 8.05. The van der Waals surface area contributed by atoms with E-state index in [-0.39, 0.29) is 18.7 Å². The van der Waals surface area contributed by atoms with Crippen LogP contribution in [0, 0.1) is 0 Å². The molecule has 2 N–H and O–H groups in total. The average molecular weight is 306 g/mol. The van der Waals surface area contributed by atoms with Crippen molar-refractivity contribution < 1.29 is 14.6 Å². The van der Waals surface area contributed by atoms with Gasteiger partial charge in [0.05, 0.1) is 7.11 Å². The molecule has 0 spiro atoms. The van der Waals surface area contributed by atoms with Gasteiger partial charge < -0.3 is 20.1 Å². The molecule has 0 aromatic heterocycles. The van der Waals surface area contributed by atoms with Crippen LogP contribution in [-0.2, 0) is 6.42 Å². The molecule has 1 unspecified atom stereocenters. The van der Waals surface area contributed by atoms with E-state index >= 15 is 0 Å². The Morgan fingerprint density at radius 1 is 1.45 bits per heavy atom. The Morgan fingerprint density at radius 2 is 2.32 bits per heavy atom. The number of benzene rings is 1. The molecule has 22 heavy (non-hydrogen) atoms. The third kappa shape index (κ3) is 4.63. The molecule has 1 saturated heterocycles. The lowest BCUT2D eigenvalue weighted by molar-refractivity contribution is 0.132. The zero-order valence-electron chi connectivity index (χ0n) is 13.3. The van der Waals surface area contributed by atoms with Crippen molar-refractivity contribution in [3.05, 3.63) is 29.8 Å². The third-order valence-corrected chi connectivity index (χ3v) is 4.17. The van der Waals surface area contributed by atoms with Crippen molar-refractivity contribution in [3.8, 4) is 5.75 Å². The van der Waals surface area contributed by atoms with Crippen LogP contribution >= 0.6 is 0 Å². The van der Waals surface area contributed by atoms with Crippen LogP contribution in [0.5, 0.6) is 5.75 Å². The SMILES string of the molecule is COc1cccc(CCNC(=O)N2CCCCC2CCO)c1. The van der Waals surface area contributed by atoms with Gasteiger partial charge in [0, 0.05) is 25.7 Å². The number of hydrogen-bond acceptors (Lipinski definition) is 3. The number of hydrogen-bond donors (Lipinski definition) is 2. The lowest BCUT2D eigenvalue weighted by Crippen LogP contribution is -2.49. The number of aliphatic hydroxyl groups excluding tert-OH is 1. The second-order valence-corrected chi connectivity index (χ2v) is 5.69. The summed E-state index contributed by atoms with van der Waals surface area (Å²) in [4.78, 5) is 14.2. The number of carbonyl (C=O) groups is 1. The highest BCUT2D eigenvalue weighted by Crippen LogP contribution is 2.19. The molecule has 122 valence electrons. The van der Waals surface area contributed by atoms with E-state index in [1.807, 2.05) is 29.2 Å². The number of rotatable bonds is 6. The van der Waals surface area contributed by atoms with Gasteiger partial charge in [0.15, 0.2) is 0 Å². The lowest BCUT2D eigenvalue weighted by atomic mass is 10.0. The van der Waals surface area contributed by atoms with Crippen molar-refractivity contribution in [2.75, 3.05) is 26.8 Å². The van der Waals surface area contributed by atoms with Gasteiger partial charge in [0.1, 0.15) is 5.75 Å². The van der Waals surface area contributed by atoms with Gasteiger partial charge in [0.25, 0.3) is 0 Å². The van der Waals surface area contributed by atoms with E-state index in [0.29, 0.717) is 13.0 Å². The molecule has 5 heteroatoms. The van der Waals surface area contributed by atoms with Crippen LogP contribution in [0.2, 0.25) is 0 Å². The third-order valence-electron chi connectivity index (χ3n) is 4.17. The average Bonchev–Trinajstić information content (AvgIpc) is 2.56. The first-order valence-electron chi connectivity index (χ1n) is 8.03. The topological polar surface area (TPSA) is 61.8 Å². The van der Waals surface area contributed by atoms with Gasteiger partial charge in [-0.15, -0.1) is 0 Å². The number of nitrogens with zero attached hydrogens (tertiary/aromatic N) is 1. The summed E-state index contributed by atoms with van der Waals surface area (Å²) in [5.41, 5.74) is 1.14. The van der Waals surface area contributed by atoms with Crippen LogP contribution in [0.3, 0.4) is 0 Å². The van der Waals surface area contributed by atoms with Crippen molar-refractivity contribution in [1.82, 2.24) is 10.2 Å². The van der Waals surface area contributed by atoms with Gasteiger partial charge in [-0.3, -0.25) is 0 Å². The highest BCUT2D eigenvalue weighted by Gasteiger charge is 2.25. The van der Waals surface area contributed by atoms with E-state index in [2.05, 4.69) is 5.32 Å². The van der Waals surface area contributed by atoms with E-state index in [9.17, 15) is 4.79 Å². The molecule has 1 atom stereocenters. The van der Waals surface area contributed by atoms with E-state index in [4.69, 9.17) is 9.84 Å². The van der Waals surface area contributed by atoms with Crippen molar-refractivity contribution in [2.24, 2.45) is 0 Å². The number of ether oxygens (including phenoxy) is 1. The number of piperidine rings is 1. The first kappa shape index (κ1) is 16.6. The Hall–Kier alpha value is -1.75. The van der Waals surface area contributed by atoms with Crippen LogP contribution < -0.4 is 10.1 Å². The molecule has 1 heterocycles. The fraction of sp³-hybridized carbons (Fsp3) is 0.588. The summed E-state index contributed by atoms with van der Waals surface area (Å²) in [6.45, 7) is 1.53. The summed E-state index contributed by atoms with van der Waals surface area (Å²) in [6.07, 6.45) is 4.62. The number of nitrogens with one attached hydrogen (secondary N) is 1. The molecule has 0 radical (unpaired) electrons. The van der Waals surface area contributed by atoms with E-state index in [0.717, 1.165) is 43.5 Å². The Bertz CT molecular complexity index is 477. The minimum atomic E-state index is -0.0129. The number of methoxy groups -OCH3 is 1. The van der Waals surface area contributed by atoms with Gasteiger partial charge >= 0.3 is 6.03 Å². The van der Waals surface area contributed by atoms with Crippen LogP contribution in [0.25, 0.3) is 0 Å². The maximum absolute atomic E-state index is 12.3. The van der Waals surface area contributed by atoms with Gasteiger partial charge in [-0.1, -0.05) is 12.1 Å². The molecular formula is C17H26N2O3.